The molecule has 0 saturated carbocycles. The van der Waals surface area contributed by atoms with Crippen LogP contribution in [0.1, 0.15) is 30.6 Å². The van der Waals surface area contributed by atoms with Crippen molar-refractivity contribution < 1.29 is 19.1 Å². The number of ether oxygens (including phenoxy) is 1. The number of nitrogens with zero attached hydrogens (tertiary/aromatic N) is 1. The maximum atomic E-state index is 12.7. The topological polar surface area (TPSA) is 75.7 Å². The third kappa shape index (κ3) is 6.41. The van der Waals surface area contributed by atoms with E-state index in [1.54, 1.807) is 33.0 Å². The van der Waals surface area contributed by atoms with Gasteiger partial charge in [0.15, 0.2) is 0 Å². The van der Waals surface area contributed by atoms with Crippen molar-refractivity contribution in [3.05, 3.63) is 26.3 Å². The van der Waals surface area contributed by atoms with Crippen molar-refractivity contribution in [2.24, 2.45) is 0 Å². The molecule has 0 aliphatic rings. The van der Waals surface area contributed by atoms with Gasteiger partial charge in [0.2, 0.25) is 5.91 Å². The zero-order valence-electron chi connectivity index (χ0n) is 14.1. The number of amides is 2. The molecule has 0 bridgehead atoms. The lowest BCUT2D eigenvalue weighted by Crippen LogP contribution is -2.36. The van der Waals surface area contributed by atoms with E-state index in [4.69, 9.17) is 16.3 Å². The maximum Gasteiger partial charge on any atom is 0.307 e. The van der Waals surface area contributed by atoms with Crippen LogP contribution in [-0.4, -0.2) is 42.8 Å². The normalized spacial score (nSPS) is 11.6. The molecule has 0 aliphatic heterocycles. The Morgan fingerprint density at radius 2 is 2.04 bits per heavy atom. The Labute approximate surface area is 173 Å². The highest BCUT2D eigenvalue weighted by Crippen LogP contribution is 2.32. The highest BCUT2D eigenvalue weighted by molar-refractivity contribution is 14.1. The first-order chi connectivity index (χ1) is 11.7. The number of nitrogens with one attached hydrogen (secondary N) is 1. The lowest BCUT2D eigenvalue weighted by molar-refractivity contribution is -0.143. The minimum absolute atomic E-state index is 0.0583. The molecule has 0 spiro atoms. The molecular formula is C16H19BrClIN2O4. The minimum atomic E-state index is -0.423. The molecule has 0 fully saturated rings. The number of carbonyl (C=O) groups is 3. The molecular weight excluding hydrogens is 526 g/mol. The molecule has 0 unspecified atom stereocenters. The average molecular weight is 546 g/mol. The molecule has 0 aliphatic carbocycles. The molecule has 25 heavy (non-hydrogen) atoms. The Morgan fingerprint density at radius 1 is 1.40 bits per heavy atom. The Balaban J connectivity index is 3.08. The highest BCUT2D eigenvalue weighted by atomic mass is 127. The van der Waals surface area contributed by atoms with E-state index in [9.17, 15) is 14.4 Å². The van der Waals surface area contributed by atoms with E-state index in [0.717, 1.165) is 3.57 Å². The molecule has 2 amide bonds. The Morgan fingerprint density at radius 3 is 2.60 bits per heavy atom. The fraction of sp³-hybridized carbons (Fsp3) is 0.438. The first-order valence-electron chi connectivity index (χ1n) is 7.49. The third-order valence-electron chi connectivity index (χ3n) is 3.25. The number of rotatable bonds is 7. The molecule has 1 N–H and O–H groups in total. The van der Waals surface area contributed by atoms with Crippen LogP contribution in [0.3, 0.4) is 0 Å². The van der Waals surface area contributed by atoms with Gasteiger partial charge in [-0.15, -0.1) is 0 Å². The zero-order valence-corrected chi connectivity index (χ0v) is 18.6. The quantitative estimate of drug-likeness (QED) is 0.324. The van der Waals surface area contributed by atoms with E-state index < -0.39 is 11.9 Å². The van der Waals surface area contributed by atoms with E-state index in [0.29, 0.717) is 10.7 Å². The van der Waals surface area contributed by atoms with Gasteiger partial charge in [0.1, 0.15) is 0 Å². The molecule has 0 heterocycles. The van der Waals surface area contributed by atoms with Crippen LogP contribution in [0.4, 0.5) is 5.69 Å². The third-order valence-corrected chi connectivity index (χ3v) is 4.64. The summed E-state index contributed by atoms with van der Waals surface area (Å²) in [6.07, 6.45) is 0.0583. The summed E-state index contributed by atoms with van der Waals surface area (Å²) in [4.78, 5) is 37.5. The van der Waals surface area contributed by atoms with Crippen LogP contribution in [0.2, 0.25) is 5.02 Å². The fourth-order valence-electron chi connectivity index (χ4n) is 2.12. The largest absolute Gasteiger partial charge is 0.466 e. The Kier molecular flexibility index (Phi) is 9.15. The van der Waals surface area contributed by atoms with Crippen LogP contribution in [0.25, 0.3) is 0 Å². The van der Waals surface area contributed by atoms with Crippen molar-refractivity contribution in [2.45, 2.75) is 26.3 Å². The van der Waals surface area contributed by atoms with Crippen molar-refractivity contribution in [1.82, 2.24) is 5.32 Å². The van der Waals surface area contributed by atoms with Gasteiger partial charge in [-0.1, -0.05) is 27.5 Å². The van der Waals surface area contributed by atoms with Gasteiger partial charge >= 0.3 is 5.97 Å². The van der Waals surface area contributed by atoms with Gasteiger partial charge in [0, 0.05) is 16.7 Å². The second-order valence-electron chi connectivity index (χ2n) is 5.25. The average Bonchev–Trinajstić information content (AvgIpc) is 2.52. The van der Waals surface area contributed by atoms with Crippen molar-refractivity contribution in [3.63, 3.8) is 0 Å². The van der Waals surface area contributed by atoms with Crippen LogP contribution in [0.5, 0.6) is 0 Å². The summed E-state index contributed by atoms with van der Waals surface area (Å²) in [6, 6.07) is 2.90. The summed E-state index contributed by atoms with van der Waals surface area (Å²) >= 11 is 11.4. The monoisotopic (exact) mass is 544 g/mol. The zero-order chi connectivity index (χ0) is 19.1. The van der Waals surface area contributed by atoms with Gasteiger partial charge in [0.25, 0.3) is 5.91 Å². The van der Waals surface area contributed by atoms with Gasteiger partial charge in [-0.2, -0.15) is 0 Å². The number of alkyl halides is 1. The Hall–Kier alpha value is -0.870. The fourth-order valence-corrected chi connectivity index (χ4v) is 3.65. The number of anilines is 1. The second kappa shape index (κ2) is 10.3. The highest BCUT2D eigenvalue weighted by Gasteiger charge is 2.23. The van der Waals surface area contributed by atoms with E-state index in [-0.39, 0.29) is 35.8 Å². The second-order valence-corrected chi connectivity index (χ2v) is 7.47. The lowest BCUT2D eigenvalue weighted by Gasteiger charge is -2.22. The van der Waals surface area contributed by atoms with Gasteiger partial charge in [0.05, 0.1) is 34.6 Å². The van der Waals surface area contributed by atoms with Crippen molar-refractivity contribution >= 4 is 73.6 Å². The van der Waals surface area contributed by atoms with Crippen LogP contribution in [-0.2, 0) is 14.3 Å². The summed E-state index contributed by atoms with van der Waals surface area (Å²) in [6.45, 7) is 3.71. The van der Waals surface area contributed by atoms with Crippen LogP contribution >= 0.6 is 50.1 Å². The van der Waals surface area contributed by atoms with E-state index in [1.165, 1.54) is 4.90 Å². The summed E-state index contributed by atoms with van der Waals surface area (Å²) in [5.74, 6) is -1.04. The van der Waals surface area contributed by atoms with Crippen molar-refractivity contribution in [2.75, 3.05) is 23.9 Å². The molecule has 1 atom stereocenters. The summed E-state index contributed by atoms with van der Waals surface area (Å²) in [5, 5.41) is 3.14. The SMILES string of the molecule is CCOC(=O)C[C@H](C)NC(=O)c1cc(I)cc(Cl)c1N(C)C(=O)CBr. The molecule has 1 rings (SSSR count). The predicted molar refractivity (Wildman–Crippen MR) is 110 cm³/mol. The van der Waals surface area contributed by atoms with E-state index in [2.05, 4.69) is 21.2 Å². The molecule has 1 aromatic carbocycles. The summed E-state index contributed by atoms with van der Waals surface area (Å²) in [7, 11) is 1.55. The molecule has 1 aromatic rings. The maximum absolute atomic E-state index is 12.7. The number of hydrogen-bond acceptors (Lipinski definition) is 4. The van der Waals surface area contributed by atoms with Gasteiger partial charge in [-0.3, -0.25) is 14.4 Å². The molecule has 0 radical (unpaired) electrons. The van der Waals surface area contributed by atoms with Crippen molar-refractivity contribution in [1.29, 1.82) is 0 Å². The van der Waals surface area contributed by atoms with Gasteiger partial charge < -0.3 is 15.0 Å². The minimum Gasteiger partial charge on any atom is -0.466 e. The first-order valence-corrected chi connectivity index (χ1v) is 10.1. The smallest absolute Gasteiger partial charge is 0.307 e. The Bertz CT molecular complexity index is 672. The molecule has 0 saturated heterocycles. The van der Waals surface area contributed by atoms with E-state index >= 15 is 0 Å². The van der Waals surface area contributed by atoms with Crippen LogP contribution in [0, 0.1) is 3.57 Å². The number of esters is 1. The van der Waals surface area contributed by atoms with E-state index in [1.807, 2.05) is 22.6 Å². The number of halogens is 3. The van der Waals surface area contributed by atoms with Crippen LogP contribution < -0.4 is 10.2 Å². The molecule has 0 aromatic heterocycles. The molecule has 6 nitrogen and oxygen atoms in total. The number of carbonyl (C=O) groups excluding carboxylic acids is 3. The molecule has 138 valence electrons. The summed E-state index contributed by atoms with van der Waals surface area (Å²) in [5.41, 5.74) is 0.594. The van der Waals surface area contributed by atoms with Crippen LogP contribution in [0.15, 0.2) is 12.1 Å². The first kappa shape index (κ1) is 22.2. The van der Waals surface area contributed by atoms with Gasteiger partial charge in [-0.05, 0) is 48.6 Å². The number of hydrogen-bond donors (Lipinski definition) is 1. The van der Waals surface area contributed by atoms with Crippen molar-refractivity contribution in [3.8, 4) is 0 Å². The molecule has 9 heteroatoms. The summed E-state index contributed by atoms with van der Waals surface area (Å²) < 4.78 is 5.63. The predicted octanol–water partition coefficient (Wildman–Crippen LogP) is 3.37. The standard InChI is InChI=1S/C16H19BrClIN2O4/c1-4-25-14(23)5-9(2)20-16(24)11-6-10(19)7-12(18)15(11)21(3)13(22)8-17/h6-7,9H,4-5,8H2,1-3H3,(H,20,24)/t9-/m0/s1. The number of benzene rings is 1. The lowest BCUT2D eigenvalue weighted by atomic mass is 10.1. The van der Waals surface area contributed by atoms with Gasteiger partial charge in [-0.25, -0.2) is 0 Å².